The van der Waals surface area contributed by atoms with Gasteiger partial charge in [0.15, 0.2) is 0 Å². The molecule has 1 aliphatic rings. The monoisotopic (exact) mass is 424 g/mol. The average Bonchev–Trinajstić information content (AvgIpc) is 2.66. The molecule has 0 saturated carbocycles. The van der Waals surface area contributed by atoms with Crippen LogP contribution < -0.4 is 14.4 Å². The van der Waals surface area contributed by atoms with Crippen molar-refractivity contribution in [3.8, 4) is 11.5 Å². The molecule has 0 atom stereocenters. The number of nitrogens with zero attached hydrogens (tertiary/aromatic N) is 1. The highest BCUT2D eigenvalue weighted by molar-refractivity contribution is 9.10. The number of hydrogen-bond acceptors (Lipinski definition) is 3. The molecule has 138 valence electrons. The number of benzene rings is 3. The number of halogens is 1. The minimum absolute atomic E-state index is 0.500. The molecule has 0 aliphatic carbocycles. The van der Waals surface area contributed by atoms with E-state index >= 15 is 0 Å². The molecule has 5 heteroatoms. The van der Waals surface area contributed by atoms with Crippen LogP contribution in [0, 0.1) is 12.3 Å². The highest BCUT2D eigenvalue weighted by atomic mass is 79.9. The van der Waals surface area contributed by atoms with Crippen LogP contribution in [0.5, 0.6) is 11.5 Å². The molecule has 1 heterocycles. The molecule has 0 saturated heterocycles. The number of amidine groups is 1. The maximum atomic E-state index is 8.68. The van der Waals surface area contributed by atoms with Crippen molar-refractivity contribution in [1.82, 2.24) is 0 Å². The first-order chi connectivity index (χ1) is 13.0. The highest BCUT2D eigenvalue weighted by Gasteiger charge is 2.30. The predicted octanol–water partition coefficient (Wildman–Crippen LogP) is 5.47. The molecule has 0 aromatic heterocycles. The SMILES string of the molecule is COc1c2c(c(OC)c3ccccc13)CN(c1ccc(C)cc1Br)C(=N)C2. The van der Waals surface area contributed by atoms with Crippen LogP contribution in [0.15, 0.2) is 46.9 Å². The Balaban J connectivity index is 1.93. The van der Waals surface area contributed by atoms with E-state index < -0.39 is 0 Å². The predicted molar refractivity (Wildman–Crippen MR) is 114 cm³/mol. The van der Waals surface area contributed by atoms with E-state index in [-0.39, 0.29) is 0 Å². The van der Waals surface area contributed by atoms with Crippen molar-refractivity contribution >= 4 is 38.2 Å². The summed E-state index contributed by atoms with van der Waals surface area (Å²) in [6.07, 6.45) is 0.500. The Labute approximate surface area is 167 Å². The molecular formula is C22H21BrN2O2. The van der Waals surface area contributed by atoms with Crippen LogP contribution in [0.2, 0.25) is 0 Å². The van der Waals surface area contributed by atoms with Crippen molar-refractivity contribution in [3.63, 3.8) is 0 Å². The van der Waals surface area contributed by atoms with Crippen molar-refractivity contribution in [2.75, 3.05) is 19.1 Å². The van der Waals surface area contributed by atoms with Gasteiger partial charge in [0.2, 0.25) is 0 Å². The summed E-state index contributed by atoms with van der Waals surface area (Å²) in [4.78, 5) is 2.03. The van der Waals surface area contributed by atoms with Crippen molar-refractivity contribution in [3.05, 3.63) is 63.6 Å². The van der Waals surface area contributed by atoms with E-state index in [4.69, 9.17) is 14.9 Å². The van der Waals surface area contributed by atoms with E-state index in [2.05, 4.69) is 47.1 Å². The van der Waals surface area contributed by atoms with Gasteiger partial charge in [-0.1, -0.05) is 30.3 Å². The van der Waals surface area contributed by atoms with Gasteiger partial charge in [-0.15, -0.1) is 0 Å². The second kappa shape index (κ2) is 6.89. The zero-order valence-electron chi connectivity index (χ0n) is 15.6. The lowest BCUT2D eigenvalue weighted by Gasteiger charge is -2.34. The fourth-order valence-electron chi connectivity index (χ4n) is 3.88. The summed E-state index contributed by atoms with van der Waals surface area (Å²) < 4.78 is 12.6. The number of hydrogen-bond donors (Lipinski definition) is 1. The maximum absolute atomic E-state index is 8.68. The fourth-order valence-corrected chi connectivity index (χ4v) is 4.58. The molecule has 0 fully saturated rings. The largest absolute Gasteiger partial charge is 0.496 e. The van der Waals surface area contributed by atoms with Crippen molar-refractivity contribution in [2.45, 2.75) is 19.9 Å². The minimum Gasteiger partial charge on any atom is -0.496 e. The van der Waals surface area contributed by atoms with E-state index in [0.29, 0.717) is 18.8 Å². The number of anilines is 1. The molecule has 0 bridgehead atoms. The molecule has 4 nitrogen and oxygen atoms in total. The Bertz CT molecular complexity index is 1060. The van der Waals surface area contributed by atoms with E-state index in [9.17, 15) is 0 Å². The Hall–Kier alpha value is -2.53. The molecule has 1 aliphatic heterocycles. The van der Waals surface area contributed by atoms with Crippen LogP contribution in [0.4, 0.5) is 5.69 Å². The van der Waals surface area contributed by atoms with Crippen LogP contribution in [-0.4, -0.2) is 20.1 Å². The zero-order valence-corrected chi connectivity index (χ0v) is 17.2. The Morgan fingerprint density at radius 1 is 0.963 bits per heavy atom. The van der Waals surface area contributed by atoms with Gasteiger partial charge in [-0.3, -0.25) is 5.41 Å². The van der Waals surface area contributed by atoms with Crippen LogP contribution in [0.1, 0.15) is 16.7 Å². The summed E-state index contributed by atoms with van der Waals surface area (Å²) in [5, 5.41) is 10.7. The molecule has 3 aromatic rings. The van der Waals surface area contributed by atoms with E-state index in [1.165, 1.54) is 5.56 Å². The standard InChI is InChI=1S/C22H21BrN2O2/c1-13-8-9-19(18(23)10-13)25-12-17-16(11-20(25)24)21(26-2)14-6-4-5-7-15(14)22(17)27-3/h4-10,24H,11-12H2,1-3H3. The van der Waals surface area contributed by atoms with E-state index in [1.54, 1.807) is 14.2 Å². The van der Waals surface area contributed by atoms with Crippen LogP contribution >= 0.6 is 15.9 Å². The van der Waals surface area contributed by atoms with Gasteiger partial charge in [-0.05, 0) is 40.5 Å². The molecule has 3 aromatic carbocycles. The van der Waals surface area contributed by atoms with Crippen molar-refractivity contribution in [2.24, 2.45) is 0 Å². The van der Waals surface area contributed by atoms with Gasteiger partial charge in [-0.2, -0.15) is 0 Å². The number of ether oxygens (including phenoxy) is 2. The fraction of sp³-hybridized carbons (Fsp3) is 0.227. The normalized spacial score (nSPS) is 13.6. The van der Waals surface area contributed by atoms with E-state index in [0.717, 1.165) is 43.6 Å². The van der Waals surface area contributed by atoms with Gasteiger partial charge >= 0.3 is 0 Å². The number of aryl methyl sites for hydroxylation is 1. The number of rotatable bonds is 3. The van der Waals surface area contributed by atoms with Crippen LogP contribution in [0.25, 0.3) is 10.8 Å². The maximum Gasteiger partial charge on any atom is 0.132 e. The zero-order chi connectivity index (χ0) is 19.1. The Morgan fingerprint density at radius 2 is 1.59 bits per heavy atom. The lowest BCUT2D eigenvalue weighted by molar-refractivity contribution is 0.402. The summed E-state index contributed by atoms with van der Waals surface area (Å²) in [7, 11) is 3.40. The third-order valence-corrected chi connectivity index (χ3v) is 5.75. The van der Waals surface area contributed by atoms with Gasteiger partial charge in [0, 0.05) is 32.8 Å². The molecule has 27 heavy (non-hydrogen) atoms. The van der Waals surface area contributed by atoms with Gasteiger partial charge in [0.25, 0.3) is 0 Å². The van der Waals surface area contributed by atoms with Gasteiger partial charge in [0.1, 0.15) is 17.3 Å². The second-order valence-corrected chi connectivity index (χ2v) is 7.59. The van der Waals surface area contributed by atoms with Crippen molar-refractivity contribution < 1.29 is 9.47 Å². The van der Waals surface area contributed by atoms with Crippen LogP contribution in [-0.2, 0) is 13.0 Å². The Morgan fingerprint density at radius 3 is 2.19 bits per heavy atom. The molecule has 0 radical (unpaired) electrons. The van der Waals surface area contributed by atoms with Gasteiger partial charge in [0.05, 0.1) is 26.5 Å². The minimum atomic E-state index is 0.500. The summed E-state index contributed by atoms with van der Waals surface area (Å²) in [5.41, 5.74) is 4.29. The van der Waals surface area contributed by atoms with Crippen molar-refractivity contribution in [1.29, 1.82) is 5.41 Å². The molecule has 1 N–H and O–H groups in total. The third kappa shape index (κ3) is 2.86. The Kier molecular flexibility index (Phi) is 4.56. The quantitative estimate of drug-likeness (QED) is 0.606. The topological polar surface area (TPSA) is 45.6 Å². The first-order valence-electron chi connectivity index (χ1n) is 8.80. The second-order valence-electron chi connectivity index (χ2n) is 6.73. The third-order valence-electron chi connectivity index (χ3n) is 5.12. The summed E-state index contributed by atoms with van der Waals surface area (Å²) in [5.74, 6) is 2.25. The van der Waals surface area contributed by atoms with Gasteiger partial charge in [-0.25, -0.2) is 0 Å². The first-order valence-corrected chi connectivity index (χ1v) is 9.60. The first kappa shape index (κ1) is 17.9. The van der Waals surface area contributed by atoms with E-state index in [1.807, 2.05) is 23.1 Å². The molecule has 4 rings (SSSR count). The summed E-state index contributed by atoms with van der Waals surface area (Å²) in [6.45, 7) is 2.63. The highest BCUT2D eigenvalue weighted by Crippen LogP contribution is 2.44. The number of fused-ring (bicyclic) bond motifs is 2. The molecule has 0 unspecified atom stereocenters. The number of nitrogens with one attached hydrogen (secondary N) is 1. The molecular weight excluding hydrogens is 404 g/mol. The molecule has 0 spiro atoms. The summed E-state index contributed by atoms with van der Waals surface area (Å²) >= 11 is 3.66. The summed E-state index contributed by atoms with van der Waals surface area (Å²) in [6, 6.07) is 14.3. The van der Waals surface area contributed by atoms with Crippen LogP contribution in [0.3, 0.4) is 0 Å². The lowest BCUT2D eigenvalue weighted by atomic mass is 9.91. The lowest BCUT2D eigenvalue weighted by Crippen LogP contribution is -2.36. The smallest absolute Gasteiger partial charge is 0.132 e. The average molecular weight is 425 g/mol. The number of methoxy groups -OCH3 is 2. The van der Waals surface area contributed by atoms with Gasteiger partial charge < -0.3 is 14.4 Å². The molecule has 0 amide bonds.